The number of rotatable bonds is 3. The summed E-state index contributed by atoms with van der Waals surface area (Å²) in [6, 6.07) is 15.2. The summed E-state index contributed by atoms with van der Waals surface area (Å²) in [4.78, 5) is 25.3. The first kappa shape index (κ1) is 18.4. The Hall–Kier alpha value is -2.99. The third-order valence-electron chi connectivity index (χ3n) is 4.79. The number of amides is 1. The van der Waals surface area contributed by atoms with Crippen LogP contribution in [-0.4, -0.2) is 47.0 Å². The van der Waals surface area contributed by atoms with E-state index in [1.165, 1.54) is 18.5 Å². The fourth-order valence-electron chi connectivity index (χ4n) is 3.24. The fourth-order valence-corrected chi connectivity index (χ4v) is 3.46. The molecular formula is C21H18ClFN4O. The van der Waals surface area contributed by atoms with Crippen molar-refractivity contribution in [2.24, 2.45) is 0 Å². The van der Waals surface area contributed by atoms with Gasteiger partial charge < -0.3 is 9.80 Å². The molecule has 142 valence electrons. The summed E-state index contributed by atoms with van der Waals surface area (Å²) in [6.45, 7) is 2.49. The normalized spacial score (nSPS) is 14.2. The van der Waals surface area contributed by atoms with Crippen LogP contribution in [0.1, 0.15) is 10.4 Å². The lowest BCUT2D eigenvalue weighted by Crippen LogP contribution is -2.49. The Morgan fingerprint density at radius 2 is 1.68 bits per heavy atom. The van der Waals surface area contributed by atoms with Crippen molar-refractivity contribution < 1.29 is 9.18 Å². The quantitative estimate of drug-likeness (QED) is 0.673. The first-order valence-corrected chi connectivity index (χ1v) is 9.36. The third kappa shape index (κ3) is 3.82. The van der Waals surface area contributed by atoms with E-state index >= 15 is 0 Å². The Balaban J connectivity index is 1.45. The van der Waals surface area contributed by atoms with Gasteiger partial charge in [0.25, 0.3) is 5.91 Å². The van der Waals surface area contributed by atoms with E-state index in [0.29, 0.717) is 36.8 Å². The second-order valence-electron chi connectivity index (χ2n) is 6.53. The van der Waals surface area contributed by atoms with Crippen LogP contribution in [0, 0.1) is 5.82 Å². The molecule has 1 amide bonds. The molecule has 7 heteroatoms. The van der Waals surface area contributed by atoms with Crippen molar-refractivity contribution >= 4 is 23.3 Å². The summed E-state index contributed by atoms with van der Waals surface area (Å²) in [6.07, 6.45) is 1.51. The predicted molar refractivity (Wildman–Crippen MR) is 107 cm³/mol. The Labute approximate surface area is 167 Å². The van der Waals surface area contributed by atoms with Gasteiger partial charge >= 0.3 is 0 Å². The van der Waals surface area contributed by atoms with Crippen LogP contribution in [0.25, 0.3) is 11.3 Å². The molecule has 1 aliphatic rings. The lowest BCUT2D eigenvalue weighted by molar-refractivity contribution is 0.0746. The van der Waals surface area contributed by atoms with Gasteiger partial charge in [0.1, 0.15) is 18.0 Å². The Bertz CT molecular complexity index is 988. The van der Waals surface area contributed by atoms with Crippen LogP contribution in [0.15, 0.2) is 60.9 Å². The molecule has 2 aromatic carbocycles. The zero-order chi connectivity index (χ0) is 19.5. The molecule has 3 aromatic rings. The van der Waals surface area contributed by atoms with Gasteiger partial charge in [-0.15, -0.1) is 0 Å². The van der Waals surface area contributed by atoms with Gasteiger partial charge in [0.05, 0.1) is 16.3 Å². The van der Waals surface area contributed by atoms with Crippen molar-refractivity contribution in [2.45, 2.75) is 0 Å². The number of halogens is 2. The molecule has 0 saturated carbocycles. The van der Waals surface area contributed by atoms with Crippen LogP contribution in [0.4, 0.5) is 10.2 Å². The maximum absolute atomic E-state index is 13.1. The Kier molecular flexibility index (Phi) is 5.21. The zero-order valence-electron chi connectivity index (χ0n) is 15.1. The summed E-state index contributed by atoms with van der Waals surface area (Å²) in [7, 11) is 0. The SMILES string of the molecule is O=C(c1ccccc1Cl)N1CCN(c2cc(-c3ccc(F)cc3)ncn2)CC1. The highest BCUT2D eigenvalue weighted by molar-refractivity contribution is 6.33. The van der Waals surface area contributed by atoms with Gasteiger partial charge in [0.2, 0.25) is 0 Å². The average Bonchev–Trinajstić information content (AvgIpc) is 2.74. The second kappa shape index (κ2) is 7.94. The highest BCUT2D eigenvalue weighted by Crippen LogP contribution is 2.23. The Morgan fingerprint density at radius 1 is 0.964 bits per heavy atom. The van der Waals surface area contributed by atoms with E-state index in [2.05, 4.69) is 14.9 Å². The molecule has 0 bridgehead atoms. The molecule has 1 aromatic heterocycles. The highest BCUT2D eigenvalue weighted by atomic mass is 35.5. The maximum Gasteiger partial charge on any atom is 0.255 e. The molecule has 2 heterocycles. The molecule has 28 heavy (non-hydrogen) atoms. The third-order valence-corrected chi connectivity index (χ3v) is 5.12. The van der Waals surface area contributed by atoms with Crippen molar-refractivity contribution in [3.05, 3.63) is 77.3 Å². The van der Waals surface area contributed by atoms with Crippen molar-refractivity contribution in [2.75, 3.05) is 31.1 Å². The fraction of sp³-hybridized carbons (Fsp3) is 0.190. The minimum atomic E-state index is -0.280. The molecular weight excluding hydrogens is 379 g/mol. The van der Waals surface area contributed by atoms with E-state index < -0.39 is 0 Å². The van der Waals surface area contributed by atoms with Crippen molar-refractivity contribution in [3.8, 4) is 11.3 Å². The van der Waals surface area contributed by atoms with Gasteiger partial charge in [-0.3, -0.25) is 4.79 Å². The molecule has 0 spiro atoms. The first-order chi connectivity index (χ1) is 13.6. The number of hydrogen-bond donors (Lipinski definition) is 0. The monoisotopic (exact) mass is 396 g/mol. The maximum atomic E-state index is 13.1. The van der Waals surface area contributed by atoms with E-state index in [4.69, 9.17) is 11.6 Å². The number of nitrogens with zero attached hydrogens (tertiary/aromatic N) is 4. The van der Waals surface area contributed by atoms with Gasteiger partial charge in [-0.25, -0.2) is 14.4 Å². The topological polar surface area (TPSA) is 49.3 Å². The molecule has 1 fully saturated rings. The number of benzene rings is 2. The summed E-state index contributed by atoms with van der Waals surface area (Å²) >= 11 is 6.15. The first-order valence-electron chi connectivity index (χ1n) is 8.98. The number of carbonyl (C=O) groups is 1. The molecule has 0 radical (unpaired) electrons. The second-order valence-corrected chi connectivity index (χ2v) is 6.93. The lowest BCUT2D eigenvalue weighted by atomic mass is 10.1. The Morgan fingerprint density at radius 3 is 2.39 bits per heavy atom. The number of aromatic nitrogens is 2. The summed E-state index contributed by atoms with van der Waals surface area (Å²) in [5.74, 6) is 0.455. The van der Waals surface area contributed by atoms with Crippen LogP contribution in [0.2, 0.25) is 5.02 Å². The summed E-state index contributed by atoms with van der Waals surface area (Å²) < 4.78 is 13.1. The molecule has 4 rings (SSSR count). The van der Waals surface area contributed by atoms with Crippen molar-refractivity contribution in [3.63, 3.8) is 0 Å². The van der Waals surface area contributed by atoms with Gasteiger partial charge in [-0.1, -0.05) is 23.7 Å². The standard InChI is InChI=1S/C21H18ClFN4O/c22-18-4-2-1-3-17(18)21(28)27-11-9-26(10-12-27)20-13-19(24-14-25-20)15-5-7-16(23)8-6-15/h1-8,13-14H,9-12H2. The van der Waals surface area contributed by atoms with E-state index in [-0.39, 0.29) is 11.7 Å². The van der Waals surface area contributed by atoms with E-state index in [1.807, 2.05) is 18.2 Å². The van der Waals surface area contributed by atoms with E-state index in [1.54, 1.807) is 29.2 Å². The van der Waals surface area contributed by atoms with Gasteiger partial charge in [0, 0.05) is 37.8 Å². The lowest BCUT2D eigenvalue weighted by Gasteiger charge is -2.35. The number of piperazine rings is 1. The van der Waals surface area contributed by atoms with Gasteiger partial charge in [-0.2, -0.15) is 0 Å². The predicted octanol–water partition coefficient (Wildman–Crippen LogP) is 3.90. The number of carbonyl (C=O) groups excluding carboxylic acids is 1. The van der Waals surface area contributed by atoms with Crippen LogP contribution < -0.4 is 4.90 Å². The van der Waals surface area contributed by atoms with Crippen LogP contribution in [0.3, 0.4) is 0 Å². The minimum Gasteiger partial charge on any atom is -0.353 e. The highest BCUT2D eigenvalue weighted by Gasteiger charge is 2.24. The molecule has 5 nitrogen and oxygen atoms in total. The van der Waals surface area contributed by atoms with E-state index in [9.17, 15) is 9.18 Å². The molecule has 0 N–H and O–H groups in total. The molecule has 1 aliphatic heterocycles. The molecule has 1 saturated heterocycles. The zero-order valence-corrected chi connectivity index (χ0v) is 15.8. The van der Waals surface area contributed by atoms with Crippen molar-refractivity contribution in [1.82, 2.24) is 14.9 Å². The van der Waals surface area contributed by atoms with E-state index in [0.717, 1.165) is 17.1 Å². The number of hydrogen-bond acceptors (Lipinski definition) is 4. The molecule has 0 unspecified atom stereocenters. The van der Waals surface area contributed by atoms with Gasteiger partial charge in [0.15, 0.2) is 0 Å². The summed E-state index contributed by atoms with van der Waals surface area (Å²) in [5.41, 5.74) is 2.09. The minimum absolute atomic E-state index is 0.0556. The molecule has 0 atom stereocenters. The summed E-state index contributed by atoms with van der Waals surface area (Å²) in [5, 5.41) is 0.467. The van der Waals surface area contributed by atoms with Crippen LogP contribution in [0.5, 0.6) is 0 Å². The number of anilines is 1. The van der Waals surface area contributed by atoms with Crippen molar-refractivity contribution in [1.29, 1.82) is 0 Å². The smallest absolute Gasteiger partial charge is 0.255 e. The average molecular weight is 397 g/mol. The van der Waals surface area contributed by atoms with Crippen LogP contribution in [-0.2, 0) is 0 Å². The molecule has 0 aliphatic carbocycles. The van der Waals surface area contributed by atoms with Crippen LogP contribution >= 0.6 is 11.6 Å². The largest absolute Gasteiger partial charge is 0.353 e. The van der Waals surface area contributed by atoms with Gasteiger partial charge in [-0.05, 0) is 36.4 Å².